The quantitative estimate of drug-likeness (QED) is 0.308. The third-order valence-electron chi connectivity index (χ3n) is 6.18. The van der Waals surface area contributed by atoms with Crippen LogP contribution in [0.2, 0.25) is 0 Å². The molecule has 4 aromatic rings. The van der Waals surface area contributed by atoms with Gasteiger partial charge in [-0.1, -0.05) is 63.3 Å². The third-order valence-corrected chi connectivity index (χ3v) is 8.14. The van der Waals surface area contributed by atoms with Gasteiger partial charge in [0, 0.05) is 6.54 Å². The molecular formula is C26H32N4O2S. The summed E-state index contributed by atoms with van der Waals surface area (Å²) in [5.41, 5.74) is 10.4. The van der Waals surface area contributed by atoms with E-state index in [1.165, 1.54) is 19.3 Å². The number of unbranched alkanes of at least 4 members (excludes halogenated alkanes) is 5. The summed E-state index contributed by atoms with van der Waals surface area (Å²) in [4.78, 5) is 9.85. The summed E-state index contributed by atoms with van der Waals surface area (Å²) >= 11 is 0. The number of rotatable bonds is 9. The number of sulfone groups is 1. The SMILES string of the molecule is CCCCCCCCn1c(N)c(S(=O)(=O)c2cc(C)ccc2C)c2nc3ccccc3nc21. The number of hydrogen-bond acceptors (Lipinski definition) is 5. The van der Waals surface area contributed by atoms with E-state index < -0.39 is 9.84 Å². The molecule has 0 fully saturated rings. The molecular weight excluding hydrogens is 432 g/mol. The van der Waals surface area contributed by atoms with Gasteiger partial charge in [-0.3, -0.25) is 0 Å². The fourth-order valence-electron chi connectivity index (χ4n) is 4.34. The van der Waals surface area contributed by atoms with E-state index in [0.717, 1.165) is 30.3 Å². The Morgan fingerprint density at radius 2 is 1.58 bits per heavy atom. The number of nitrogen functional groups attached to an aromatic ring is 1. The van der Waals surface area contributed by atoms with Crippen LogP contribution in [-0.4, -0.2) is 23.0 Å². The van der Waals surface area contributed by atoms with Crippen LogP contribution < -0.4 is 5.73 Å². The molecule has 0 aliphatic rings. The number of hydrogen-bond donors (Lipinski definition) is 1. The van der Waals surface area contributed by atoms with Crippen LogP contribution in [0.1, 0.15) is 56.6 Å². The number of para-hydroxylation sites is 2. The van der Waals surface area contributed by atoms with Gasteiger partial charge in [-0.25, -0.2) is 18.4 Å². The van der Waals surface area contributed by atoms with E-state index in [4.69, 9.17) is 15.7 Å². The Morgan fingerprint density at radius 1 is 0.909 bits per heavy atom. The Balaban J connectivity index is 1.86. The van der Waals surface area contributed by atoms with Crippen molar-refractivity contribution in [2.45, 2.75) is 75.6 Å². The van der Waals surface area contributed by atoms with Gasteiger partial charge >= 0.3 is 0 Å². The number of aromatic nitrogens is 3. The second-order valence-corrected chi connectivity index (χ2v) is 10.6. The van der Waals surface area contributed by atoms with Gasteiger partial charge in [0.1, 0.15) is 16.2 Å². The predicted octanol–water partition coefficient (Wildman–Crippen LogP) is 5.98. The van der Waals surface area contributed by atoms with Crippen LogP contribution in [0.15, 0.2) is 52.3 Å². The minimum atomic E-state index is -3.89. The van der Waals surface area contributed by atoms with Gasteiger partial charge < -0.3 is 10.3 Å². The average molecular weight is 465 g/mol. The Labute approximate surface area is 195 Å². The highest BCUT2D eigenvalue weighted by Gasteiger charge is 2.31. The number of anilines is 1. The fraction of sp³-hybridized carbons (Fsp3) is 0.385. The highest BCUT2D eigenvalue weighted by molar-refractivity contribution is 7.92. The smallest absolute Gasteiger partial charge is 0.212 e. The Morgan fingerprint density at radius 3 is 2.30 bits per heavy atom. The van der Waals surface area contributed by atoms with Crippen molar-refractivity contribution in [2.75, 3.05) is 5.73 Å². The summed E-state index contributed by atoms with van der Waals surface area (Å²) in [6.45, 7) is 6.51. The Bertz CT molecular complexity index is 1410. The van der Waals surface area contributed by atoms with Gasteiger partial charge in [0.15, 0.2) is 5.65 Å². The summed E-state index contributed by atoms with van der Waals surface area (Å²) in [6, 6.07) is 13.0. The minimum Gasteiger partial charge on any atom is -0.384 e. The summed E-state index contributed by atoms with van der Waals surface area (Å²) < 4.78 is 29.6. The molecule has 2 N–H and O–H groups in total. The van der Waals surface area contributed by atoms with E-state index in [2.05, 4.69) is 6.92 Å². The Kier molecular flexibility index (Phi) is 6.70. The molecule has 0 aliphatic carbocycles. The van der Waals surface area contributed by atoms with E-state index in [-0.39, 0.29) is 15.6 Å². The first-order chi connectivity index (χ1) is 15.8. The zero-order chi connectivity index (χ0) is 23.6. The van der Waals surface area contributed by atoms with E-state index in [0.29, 0.717) is 28.8 Å². The standard InChI is InChI=1S/C26H32N4O2S/c1-4-5-6-7-8-11-16-30-25(27)24(33(31,32)22-17-18(2)14-15-19(22)3)23-26(30)29-21-13-10-9-12-20(21)28-23/h9-10,12-15,17H,4-8,11,16,27H2,1-3H3. The van der Waals surface area contributed by atoms with Gasteiger partial charge in [-0.05, 0) is 49.6 Å². The van der Waals surface area contributed by atoms with Crippen molar-refractivity contribution in [1.82, 2.24) is 14.5 Å². The molecule has 4 rings (SSSR count). The van der Waals surface area contributed by atoms with Crippen molar-refractivity contribution in [3.63, 3.8) is 0 Å². The van der Waals surface area contributed by atoms with Crippen molar-refractivity contribution in [2.24, 2.45) is 0 Å². The topological polar surface area (TPSA) is 90.9 Å². The van der Waals surface area contributed by atoms with E-state index in [1.54, 1.807) is 13.0 Å². The molecule has 0 aliphatic heterocycles. The molecule has 0 unspecified atom stereocenters. The largest absolute Gasteiger partial charge is 0.384 e. The maximum Gasteiger partial charge on any atom is 0.212 e. The number of fused-ring (bicyclic) bond motifs is 2. The first-order valence-corrected chi connectivity index (χ1v) is 13.2. The second kappa shape index (κ2) is 9.51. The van der Waals surface area contributed by atoms with Gasteiger partial charge in [0.2, 0.25) is 9.84 Å². The maximum atomic E-state index is 13.9. The summed E-state index contributed by atoms with van der Waals surface area (Å²) in [5.74, 6) is 0.217. The summed E-state index contributed by atoms with van der Waals surface area (Å²) in [5, 5.41) is 0. The van der Waals surface area contributed by atoms with Crippen molar-refractivity contribution < 1.29 is 8.42 Å². The lowest BCUT2D eigenvalue weighted by atomic mass is 10.1. The van der Waals surface area contributed by atoms with Gasteiger partial charge in [-0.15, -0.1) is 0 Å². The van der Waals surface area contributed by atoms with Crippen molar-refractivity contribution in [3.8, 4) is 0 Å². The molecule has 0 amide bonds. The molecule has 0 radical (unpaired) electrons. The van der Waals surface area contributed by atoms with Gasteiger partial charge in [0.25, 0.3) is 0 Å². The third kappa shape index (κ3) is 4.47. The number of aryl methyl sites for hydroxylation is 3. The van der Waals surface area contributed by atoms with Crippen molar-refractivity contribution in [1.29, 1.82) is 0 Å². The lowest BCUT2D eigenvalue weighted by Crippen LogP contribution is -2.09. The minimum absolute atomic E-state index is 0.0652. The van der Waals surface area contributed by atoms with Crippen LogP contribution >= 0.6 is 0 Å². The molecule has 2 aromatic carbocycles. The van der Waals surface area contributed by atoms with Gasteiger partial charge in [0.05, 0.1) is 15.9 Å². The van der Waals surface area contributed by atoms with E-state index in [1.807, 2.05) is 47.9 Å². The molecule has 6 nitrogen and oxygen atoms in total. The molecule has 2 heterocycles. The molecule has 0 bridgehead atoms. The summed E-state index contributed by atoms with van der Waals surface area (Å²) in [7, 11) is -3.89. The molecule has 174 valence electrons. The predicted molar refractivity (Wildman–Crippen MR) is 134 cm³/mol. The fourth-order valence-corrected chi connectivity index (χ4v) is 6.17. The number of nitrogens with zero attached hydrogens (tertiary/aromatic N) is 3. The number of nitrogens with two attached hydrogens (primary N) is 1. The highest BCUT2D eigenvalue weighted by Crippen LogP contribution is 2.36. The van der Waals surface area contributed by atoms with E-state index in [9.17, 15) is 8.42 Å². The molecule has 0 spiro atoms. The van der Waals surface area contributed by atoms with Crippen LogP contribution in [0.3, 0.4) is 0 Å². The molecule has 2 aromatic heterocycles. The van der Waals surface area contributed by atoms with Crippen LogP contribution in [0, 0.1) is 13.8 Å². The lowest BCUT2D eigenvalue weighted by Gasteiger charge is -2.10. The molecule has 0 saturated carbocycles. The van der Waals surface area contributed by atoms with Crippen molar-refractivity contribution in [3.05, 3.63) is 53.6 Å². The monoisotopic (exact) mass is 464 g/mol. The second-order valence-electron chi connectivity index (χ2n) is 8.79. The van der Waals surface area contributed by atoms with E-state index >= 15 is 0 Å². The molecule has 7 heteroatoms. The lowest BCUT2D eigenvalue weighted by molar-refractivity contribution is 0.565. The molecule has 0 saturated heterocycles. The van der Waals surface area contributed by atoms with Crippen LogP contribution in [-0.2, 0) is 16.4 Å². The first-order valence-electron chi connectivity index (χ1n) is 11.7. The first kappa shape index (κ1) is 23.2. The van der Waals surface area contributed by atoms with Crippen LogP contribution in [0.25, 0.3) is 22.2 Å². The number of benzene rings is 2. The molecule has 0 atom stereocenters. The zero-order valence-corrected chi connectivity index (χ0v) is 20.5. The average Bonchev–Trinajstić information content (AvgIpc) is 3.07. The molecule has 33 heavy (non-hydrogen) atoms. The van der Waals surface area contributed by atoms with Crippen molar-refractivity contribution >= 4 is 37.9 Å². The normalized spacial score (nSPS) is 12.1. The Hall–Kier alpha value is -2.93. The van der Waals surface area contributed by atoms with Gasteiger partial charge in [-0.2, -0.15) is 0 Å². The maximum absolute atomic E-state index is 13.9. The summed E-state index contributed by atoms with van der Waals surface area (Å²) in [6.07, 6.45) is 6.81. The van der Waals surface area contributed by atoms with Crippen LogP contribution in [0.4, 0.5) is 5.82 Å². The zero-order valence-electron chi connectivity index (χ0n) is 19.6. The van der Waals surface area contributed by atoms with Crippen LogP contribution in [0.5, 0.6) is 0 Å². The highest BCUT2D eigenvalue weighted by atomic mass is 32.2.